The molecular weight excluding hydrogens is 500 g/mol. The van der Waals surface area contributed by atoms with Crippen LogP contribution in [0.25, 0.3) is 11.1 Å². The molecule has 0 aliphatic heterocycles. The number of benzene rings is 1. The van der Waals surface area contributed by atoms with E-state index in [2.05, 4.69) is 15.6 Å². The first kappa shape index (κ1) is 27.4. The maximum absolute atomic E-state index is 14.7. The van der Waals surface area contributed by atoms with Crippen molar-refractivity contribution in [1.82, 2.24) is 14.9 Å². The number of aliphatic hydroxyl groups is 1. The van der Waals surface area contributed by atoms with Crippen LogP contribution in [0.1, 0.15) is 29.3 Å². The summed E-state index contributed by atoms with van der Waals surface area (Å²) < 4.78 is 55.2. The number of nitrogens with one attached hydrogen (secondary N) is 2. The van der Waals surface area contributed by atoms with Crippen LogP contribution < -0.4 is 16.4 Å². The van der Waals surface area contributed by atoms with E-state index in [-0.39, 0.29) is 34.8 Å². The lowest BCUT2D eigenvalue weighted by Gasteiger charge is -2.12. The van der Waals surface area contributed by atoms with Gasteiger partial charge in [0.25, 0.3) is 5.91 Å². The van der Waals surface area contributed by atoms with E-state index in [0.29, 0.717) is 31.4 Å². The molecule has 10 nitrogen and oxygen atoms in total. The van der Waals surface area contributed by atoms with E-state index in [1.807, 2.05) is 0 Å². The predicted molar refractivity (Wildman–Crippen MR) is 127 cm³/mol. The number of pyridine rings is 1. The zero-order valence-corrected chi connectivity index (χ0v) is 19.6. The fourth-order valence-corrected chi connectivity index (χ4v) is 3.49. The Hall–Kier alpha value is -4.20. The van der Waals surface area contributed by atoms with E-state index >= 15 is 0 Å². The number of aromatic nitrogens is 2. The van der Waals surface area contributed by atoms with Crippen molar-refractivity contribution in [3.63, 3.8) is 0 Å². The van der Waals surface area contributed by atoms with Crippen LogP contribution in [0.5, 0.6) is 0 Å². The van der Waals surface area contributed by atoms with Crippen molar-refractivity contribution in [1.29, 1.82) is 0 Å². The summed E-state index contributed by atoms with van der Waals surface area (Å²) in [5.41, 5.74) is 4.03. The second-order valence-corrected chi connectivity index (χ2v) is 8.21. The summed E-state index contributed by atoms with van der Waals surface area (Å²) >= 11 is 0. The number of hydrogen-bond donors (Lipinski definition) is 4. The van der Waals surface area contributed by atoms with Crippen LogP contribution in [-0.2, 0) is 12.7 Å². The van der Waals surface area contributed by atoms with Gasteiger partial charge in [-0.2, -0.15) is 13.2 Å². The SMILES string of the molecule is C[C@H](CO)NC(=O)c1cn(CCCNc2ccc([N+](=O)[O-])c(N)n2)cc1-c1ccc(C(F)(F)F)cc1F. The molecule has 0 radical (unpaired) electrons. The van der Waals surface area contributed by atoms with Crippen molar-refractivity contribution >= 4 is 23.2 Å². The summed E-state index contributed by atoms with van der Waals surface area (Å²) in [4.78, 5) is 26.9. The number of hydrogen-bond acceptors (Lipinski definition) is 7. The Balaban J connectivity index is 1.79. The summed E-state index contributed by atoms with van der Waals surface area (Å²) in [6.45, 7) is 1.89. The number of amides is 1. The van der Waals surface area contributed by atoms with Gasteiger partial charge in [0.1, 0.15) is 11.6 Å². The number of nitrogen functional groups attached to an aromatic ring is 1. The van der Waals surface area contributed by atoms with Crippen LogP contribution in [0, 0.1) is 15.9 Å². The van der Waals surface area contributed by atoms with E-state index in [1.165, 1.54) is 24.5 Å². The molecule has 1 amide bonds. The minimum Gasteiger partial charge on any atom is -0.394 e. The van der Waals surface area contributed by atoms with E-state index in [0.717, 1.165) is 12.1 Å². The molecule has 0 fully saturated rings. The number of rotatable bonds is 10. The Kier molecular flexibility index (Phi) is 8.32. The first-order chi connectivity index (χ1) is 17.4. The largest absolute Gasteiger partial charge is 0.416 e. The Morgan fingerprint density at radius 1 is 1.24 bits per heavy atom. The fourth-order valence-electron chi connectivity index (χ4n) is 3.49. The molecule has 1 aromatic carbocycles. The van der Waals surface area contributed by atoms with Gasteiger partial charge in [0.05, 0.1) is 22.7 Å². The number of nitro groups is 1. The van der Waals surface area contributed by atoms with Gasteiger partial charge in [0.2, 0.25) is 5.82 Å². The molecule has 0 saturated heterocycles. The highest BCUT2D eigenvalue weighted by molar-refractivity contribution is 6.01. The van der Waals surface area contributed by atoms with Gasteiger partial charge in [-0.25, -0.2) is 9.37 Å². The highest BCUT2D eigenvalue weighted by atomic mass is 19.4. The predicted octanol–water partition coefficient (Wildman–Crippen LogP) is 3.81. The lowest BCUT2D eigenvalue weighted by molar-refractivity contribution is -0.384. The minimum atomic E-state index is -4.72. The van der Waals surface area contributed by atoms with E-state index < -0.39 is 34.4 Å². The highest BCUT2D eigenvalue weighted by Gasteiger charge is 2.31. The molecule has 0 saturated carbocycles. The molecule has 0 aliphatic carbocycles. The molecule has 14 heteroatoms. The van der Waals surface area contributed by atoms with Gasteiger partial charge >= 0.3 is 11.9 Å². The summed E-state index contributed by atoms with van der Waals surface area (Å²) in [7, 11) is 0. The molecule has 0 spiro atoms. The van der Waals surface area contributed by atoms with Gasteiger partial charge in [-0.3, -0.25) is 14.9 Å². The van der Waals surface area contributed by atoms with Crippen molar-refractivity contribution < 1.29 is 32.4 Å². The van der Waals surface area contributed by atoms with Gasteiger partial charge in [-0.15, -0.1) is 0 Å². The number of anilines is 2. The number of nitrogens with two attached hydrogens (primary N) is 1. The molecule has 3 rings (SSSR count). The smallest absolute Gasteiger partial charge is 0.394 e. The summed E-state index contributed by atoms with van der Waals surface area (Å²) in [6.07, 6.45) is -1.37. The molecular formula is C23H24F4N6O4. The van der Waals surface area contributed by atoms with Gasteiger partial charge in [0, 0.05) is 48.7 Å². The molecule has 198 valence electrons. The number of carbonyl (C=O) groups excluding carboxylic acids is 1. The highest BCUT2D eigenvalue weighted by Crippen LogP contribution is 2.34. The second kappa shape index (κ2) is 11.2. The third kappa shape index (κ3) is 6.73. The van der Waals surface area contributed by atoms with Crippen molar-refractivity contribution in [3.8, 4) is 11.1 Å². The summed E-state index contributed by atoms with van der Waals surface area (Å²) in [5.74, 6) is -1.68. The average molecular weight is 524 g/mol. The molecule has 0 bridgehead atoms. The van der Waals surface area contributed by atoms with Crippen LogP contribution in [0.15, 0.2) is 42.7 Å². The molecule has 37 heavy (non-hydrogen) atoms. The second-order valence-electron chi connectivity index (χ2n) is 8.21. The van der Waals surface area contributed by atoms with E-state index in [4.69, 9.17) is 5.73 Å². The molecule has 5 N–H and O–H groups in total. The van der Waals surface area contributed by atoms with Crippen LogP contribution in [-0.4, -0.2) is 44.7 Å². The van der Waals surface area contributed by atoms with E-state index in [9.17, 15) is 37.6 Å². The molecule has 0 unspecified atom stereocenters. The number of carbonyl (C=O) groups is 1. The van der Waals surface area contributed by atoms with Gasteiger partial charge < -0.3 is 26.0 Å². The monoisotopic (exact) mass is 524 g/mol. The molecule has 2 heterocycles. The van der Waals surface area contributed by atoms with Gasteiger partial charge in [-0.05, 0) is 31.5 Å². The normalized spacial score (nSPS) is 12.3. The first-order valence-corrected chi connectivity index (χ1v) is 11.0. The van der Waals surface area contributed by atoms with Crippen molar-refractivity contribution in [2.75, 3.05) is 24.2 Å². The number of nitrogens with zero attached hydrogens (tertiary/aromatic N) is 3. The third-order valence-electron chi connectivity index (χ3n) is 5.36. The van der Waals surface area contributed by atoms with E-state index in [1.54, 1.807) is 11.5 Å². The lowest BCUT2D eigenvalue weighted by atomic mass is 10.0. The number of alkyl halides is 3. The Morgan fingerprint density at radius 2 is 1.97 bits per heavy atom. The molecule has 0 aliphatic rings. The standard InChI is InChI=1S/C23H24F4N6O4/c1-13(12-34)30-22(35)17-11-32(8-2-7-29-20-6-5-19(33(36)37)21(28)31-20)10-16(17)15-4-3-14(9-18(15)24)23(25,26)27/h3-6,9-11,13,34H,2,7-8,12H2,1H3,(H,30,35)(H3,28,29,31)/t13-/m1/s1. The minimum absolute atomic E-state index is 0.0247. The maximum Gasteiger partial charge on any atom is 0.416 e. The quantitative estimate of drug-likeness (QED) is 0.136. The van der Waals surface area contributed by atoms with Crippen molar-refractivity contribution in [2.45, 2.75) is 32.1 Å². The van der Waals surface area contributed by atoms with Crippen LogP contribution in [0.2, 0.25) is 0 Å². The Labute approximate surface area is 208 Å². The lowest BCUT2D eigenvalue weighted by Crippen LogP contribution is -2.35. The van der Waals surface area contributed by atoms with Crippen LogP contribution in [0.4, 0.5) is 34.9 Å². The summed E-state index contributed by atoms with van der Waals surface area (Å²) in [6, 6.07) is 4.10. The average Bonchev–Trinajstić information content (AvgIpc) is 3.25. The number of halogens is 4. The fraction of sp³-hybridized carbons (Fsp3) is 0.304. The summed E-state index contributed by atoms with van der Waals surface area (Å²) in [5, 5.41) is 25.6. The zero-order chi connectivity index (χ0) is 27.3. The van der Waals surface area contributed by atoms with Gasteiger partial charge in [-0.1, -0.05) is 6.07 Å². The Bertz CT molecular complexity index is 1290. The third-order valence-corrected chi connectivity index (χ3v) is 5.36. The Morgan fingerprint density at radius 3 is 2.57 bits per heavy atom. The van der Waals surface area contributed by atoms with Crippen molar-refractivity contribution in [2.24, 2.45) is 0 Å². The molecule has 1 atom stereocenters. The van der Waals surface area contributed by atoms with Gasteiger partial charge in [0.15, 0.2) is 0 Å². The first-order valence-electron chi connectivity index (χ1n) is 11.0. The molecule has 3 aromatic rings. The topological polar surface area (TPSA) is 148 Å². The van der Waals surface area contributed by atoms with Crippen LogP contribution in [0.3, 0.4) is 0 Å². The van der Waals surface area contributed by atoms with Crippen LogP contribution >= 0.6 is 0 Å². The number of aliphatic hydroxyl groups excluding tert-OH is 1. The number of aryl methyl sites for hydroxylation is 1. The molecule has 2 aromatic heterocycles. The van der Waals surface area contributed by atoms with Crippen molar-refractivity contribution in [3.05, 3.63) is 69.8 Å². The zero-order valence-electron chi connectivity index (χ0n) is 19.6. The maximum atomic E-state index is 14.7.